The highest BCUT2D eigenvalue weighted by Crippen LogP contribution is 2.34. The first-order valence-corrected chi connectivity index (χ1v) is 9.41. The summed E-state index contributed by atoms with van der Waals surface area (Å²) in [6.45, 7) is 5.37. The lowest BCUT2D eigenvalue weighted by Gasteiger charge is -2.21. The summed E-state index contributed by atoms with van der Waals surface area (Å²) in [5.74, 6) is 1.01. The van der Waals surface area contributed by atoms with Crippen molar-refractivity contribution < 1.29 is 19.4 Å². The van der Waals surface area contributed by atoms with E-state index in [1.54, 1.807) is 0 Å². The molecule has 2 unspecified atom stereocenters. The molecule has 1 aliphatic carbocycles. The Morgan fingerprint density at radius 3 is 2.48 bits per heavy atom. The average molecular weight is 357 g/mol. The van der Waals surface area contributed by atoms with E-state index in [4.69, 9.17) is 0 Å². The number of hydrogen-bond acceptors (Lipinski definition) is 5. The lowest BCUT2D eigenvalue weighted by Crippen LogP contribution is -2.43. The maximum absolute atomic E-state index is 11.9. The summed E-state index contributed by atoms with van der Waals surface area (Å²) in [6.07, 6.45) is 5.54. The molecule has 146 valence electrons. The number of rotatable bonds is 13. The van der Waals surface area contributed by atoms with Gasteiger partial charge in [0.05, 0.1) is 13.7 Å². The van der Waals surface area contributed by atoms with Crippen molar-refractivity contribution in [1.82, 2.24) is 16.0 Å². The number of amides is 2. The number of carbonyl (C=O) groups excluding carboxylic acids is 2. The van der Waals surface area contributed by atoms with Crippen molar-refractivity contribution in [2.24, 2.45) is 11.8 Å². The van der Waals surface area contributed by atoms with Gasteiger partial charge in [-0.3, -0.25) is 4.79 Å². The van der Waals surface area contributed by atoms with Crippen molar-refractivity contribution in [3.8, 4) is 0 Å². The molecule has 1 aliphatic rings. The van der Waals surface area contributed by atoms with E-state index < -0.39 is 6.09 Å². The summed E-state index contributed by atoms with van der Waals surface area (Å²) in [5, 5.41) is 18.3. The van der Waals surface area contributed by atoms with E-state index in [2.05, 4.69) is 34.5 Å². The monoisotopic (exact) mass is 357 g/mol. The number of aliphatic hydroxyl groups is 1. The van der Waals surface area contributed by atoms with Gasteiger partial charge in [-0.15, -0.1) is 0 Å². The SMILES string of the molecule is COC(=O)NCC(=O)NC(CCCC(CO)NCCC(C)C)C1CC1. The molecule has 0 radical (unpaired) electrons. The lowest BCUT2D eigenvalue weighted by atomic mass is 10.0. The second-order valence-electron chi connectivity index (χ2n) is 7.30. The molecule has 7 nitrogen and oxygen atoms in total. The smallest absolute Gasteiger partial charge is 0.407 e. The summed E-state index contributed by atoms with van der Waals surface area (Å²) in [7, 11) is 1.27. The van der Waals surface area contributed by atoms with Crippen molar-refractivity contribution in [3.05, 3.63) is 0 Å². The van der Waals surface area contributed by atoms with Gasteiger partial charge >= 0.3 is 6.09 Å². The number of methoxy groups -OCH3 is 1. The minimum Gasteiger partial charge on any atom is -0.453 e. The van der Waals surface area contributed by atoms with E-state index in [9.17, 15) is 14.7 Å². The van der Waals surface area contributed by atoms with Crippen LogP contribution in [0, 0.1) is 11.8 Å². The van der Waals surface area contributed by atoms with Crippen LogP contribution in [0.15, 0.2) is 0 Å². The van der Waals surface area contributed by atoms with Crippen molar-refractivity contribution in [3.63, 3.8) is 0 Å². The number of hydrogen-bond donors (Lipinski definition) is 4. The number of carbonyl (C=O) groups is 2. The Morgan fingerprint density at radius 2 is 1.92 bits per heavy atom. The molecule has 1 fully saturated rings. The van der Waals surface area contributed by atoms with Gasteiger partial charge in [-0.25, -0.2) is 4.79 Å². The van der Waals surface area contributed by atoms with E-state index in [1.165, 1.54) is 7.11 Å². The van der Waals surface area contributed by atoms with Crippen molar-refractivity contribution >= 4 is 12.0 Å². The fraction of sp³-hybridized carbons (Fsp3) is 0.889. The Morgan fingerprint density at radius 1 is 1.20 bits per heavy atom. The third-order valence-electron chi connectivity index (χ3n) is 4.56. The minimum atomic E-state index is -0.601. The summed E-state index contributed by atoms with van der Waals surface area (Å²) in [5.41, 5.74) is 0. The van der Waals surface area contributed by atoms with Crippen LogP contribution < -0.4 is 16.0 Å². The van der Waals surface area contributed by atoms with Gasteiger partial charge in [0.25, 0.3) is 0 Å². The summed E-state index contributed by atoms with van der Waals surface area (Å²) >= 11 is 0. The number of aliphatic hydroxyl groups excluding tert-OH is 1. The Bertz CT molecular complexity index is 400. The van der Waals surface area contributed by atoms with Gasteiger partial charge in [0, 0.05) is 12.1 Å². The van der Waals surface area contributed by atoms with E-state index >= 15 is 0 Å². The molecule has 2 amide bonds. The Balaban J connectivity index is 2.25. The van der Waals surface area contributed by atoms with Gasteiger partial charge in [-0.2, -0.15) is 0 Å². The molecule has 1 rings (SSSR count). The zero-order valence-corrected chi connectivity index (χ0v) is 15.8. The van der Waals surface area contributed by atoms with Gasteiger partial charge < -0.3 is 25.8 Å². The van der Waals surface area contributed by atoms with Crippen LogP contribution in [0.5, 0.6) is 0 Å². The third-order valence-corrected chi connectivity index (χ3v) is 4.56. The van der Waals surface area contributed by atoms with Gasteiger partial charge in [-0.05, 0) is 56.9 Å². The molecule has 0 aliphatic heterocycles. The first kappa shape index (κ1) is 21.7. The second-order valence-corrected chi connectivity index (χ2v) is 7.30. The molecular formula is C18H35N3O4. The number of alkyl carbamates (subject to hydrolysis) is 1. The largest absolute Gasteiger partial charge is 0.453 e. The predicted molar refractivity (Wildman–Crippen MR) is 97.2 cm³/mol. The molecule has 4 N–H and O–H groups in total. The molecular weight excluding hydrogens is 322 g/mol. The normalized spacial score (nSPS) is 16.4. The van der Waals surface area contributed by atoms with Crippen LogP contribution in [0.4, 0.5) is 4.79 Å². The Kier molecular flexibility index (Phi) is 10.5. The number of ether oxygens (including phenoxy) is 1. The van der Waals surface area contributed by atoms with Gasteiger partial charge in [-0.1, -0.05) is 13.8 Å². The zero-order valence-electron chi connectivity index (χ0n) is 15.8. The van der Waals surface area contributed by atoms with E-state index in [0.717, 1.165) is 45.1 Å². The zero-order chi connectivity index (χ0) is 18.7. The highest BCUT2D eigenvalue weighted by molar-refractivity contribution is 5.82. The lowest BCUT2D eigenvalue weighted by molar-refractivity contribution is -0.121. The minimum absolute atomic E-state index is 0.0636. The van der Waals surface area contributed by atoms with Crippen LogP contribution in [0.1, 0.15) is 52.4 Å². The van der Waals surface area contributed by atoms with Crippen LogP contribution in [0.25, 0.3) is 0 Å². The predicted octanol–water partition coefficient (Wildman–Crippen LogP) is 1.40. The summed E-state index contributed by atoms with van der Waals surface area (Å²) in [6, 6.07) is 0.275. The van der Waals surface area contributed by atoms with Gasteiger partial charge in [0.15, 0.2) is 0 Å². The molecule has 0 saturated heterocycles. The van der Waals surface area contributed by atoms with E-state index in [-0.39, 0.29) is 31.1 Å². The van der Waals surface area contributed by atoms with Crippen LogP contribution in [0.2, 0.25) is 0 Å². The molecule has 25 heavy (non-hydrogen) atoms. The summed E-state index contributed by atoms with van der Waals surface area (Å²) in [4.78, 5) is 22.9. The fourth-order valence-electron chi connectivity index (χ4n) is 2.82. The molecule has 0 aromatic carbocycles. The van der Waals surface area contributed by atoms with Crippen molar-refractivity contribution in [2.75, 3.05) is 26.8 Å². The molecule has 0 aromatic rings. The molecule has 0 aromatic heterocycles. The highest BCUT2D eigenvalue weighted by atomic mass is 16.5. The first-order chi connectivity index (χ1) is 12.0. The Labute approximate surface area is 151 Å². The van der Waals surface area contributed by atoms with Crippen LogP contribution >= 0.6 is 0 Å². The van der Waals surface area contributed by atoms with Crippen molar-refractivity contribution in [1.29, 1.82) is 0 Å². The molecule has 7 heteroatoms. The molecule has 0 heterocycles. The second kappa shape index (κ2) is 12.1. The maximum Gasteiger partial charge on any atom is 0.407 e. The Hall–Kier alpha value is -1.34. The van der Waals surface area contributed by atoms with E-state index in [0.29, 0.717) is 11.8 Å². The first-order valence-electron chi connectivity index (χ1n) is 9.41. The molecule has 0 bridgehead atoms. The van der Waals surface area contributed by atoms with Gasteiger partial charge in [0.2, 0.25) is 5.91 Å². The highest BCUT2D eigenvalue weighted by Gasteiger charge is 2.31. The summed E-state index contributed by atoms with van der Waals surface area (Å²) < 4.78 is 4.46. The fourth-order valence-corrected chi connectivity index (χ4v) is 2.82. The third kappa shape index (κ3) is 10.3. The molecule has 0 spiro atoms. The topological polar surface area (TPSA) is 99.7 Å². The molecule has 1 saturated carbocycles. The van der Waals surface area contributed by atoms with Crippen LogP contribution in [-0.2, 0) is 9.53 Å². The molecule has 2 atom stereocenters. The average Bonchev–Trinajstić information content (AvgIpc) is 3.41. The van der Waals surface area contributed by atoms with E-state index in [1.807, 2.05) is 0 Å². The van der Waals surface area contributed by atoms with Crippen molar-refractivity contribution in [2.45, 2.75) is 64.5 Å². The maximum atomic E-state index is 11.9. The van der Waals surface area contributed by atoms with Crippen LogP contribution in [-0.4, -0.2) is 56.0 Å². The van der Waals surface area contributed by atoms with Crippen LogP contribution in [0.3, 0.4) is 0 Å². The quantitative estimate of drug-likeness (QED) is 0.399. The number of nitrogens with one attached hydrogen (secondary N) is 3. The van der Waals surface area contributed by atoms with Gasteiger partial charge in [0.1, 0.15) is 6.54 Å². The standard InChI is InChI=1S/C18H35N3O4/c1-13(2)9-10-19-15(12-22)5-4-6-16(14-7-8-14)21-17(23)11-20-18(24)25-3/h13-16,19,22H,4-12H2,1-3H3,(H,20,24)(H,21,23).